The van der Waals surface area contributed by atoms with Crippen LogP contribution in [0.25, 0.3) is 54.6 Å². The molecule has 0 saturated heterocycles. The van der Waals surface area contributed by atoms with E-state index >= 15 is 0 Å². The van der Waals surface area contributed by atoms with Crippen LogP contribution in [0.5, 0.6) is 0 Å². The summed E-state index contributed by atoms with van der Waals surface area (Å²) in [4.78, 5) is 4.81. The van der Waals surface area contributed by atoms with E-state index in [4.69, 9.17) is 0 Å². The smallest absolute Gasteiger partial charge is 0.0468 e. The van der Waals surface area contributed by atoms with Crippen LogP contribution in [0, 0.1) is 0 Å². The van der Waals surface area contributed by atoms with E-state index in [1.165, 1.54) is 76.8 Å². The van der Waals surface area contributed by atoms with E-state index in [1.54, 1.807) is 0 Å². The van der Waals surface area contributed by atoms with E-state index in [0.29, 0.717) is 0 Å². The second-order valence-electron chi connectivity index (χ2n) is 18.2. The third-order valence-corrected chi connectivity index (χ3v) is 14.0. The van der Waals surface area contributed by atoms with Gasteiger partial charge in [-0.3, -0.25) is 0 Å². The summed E-state index contributed by atoms with van der Waals surface area (Å²) in [6.07, 6.45) is 0. The summed E-state index contributed by atoms with van der Waals surface area (Å²) >= 11 is 0. The lowest BCUT2D eigenvalue weighted by molar-refractivity contribution is 0.660. The molecule has 0 N–H and O–H groups in total. The molecule has 10 aromatic carbocycles. The van der Waals surface area contributed by atoms with Crippen molar-refractivity contribution < 1.29 is 0 Å². The van der Waals surface area contributed by atoms with Crippen LogP contribution in [-0.2, 0) is 10.8 Å². The SMILES string of the molecule is CC1(C)c2cc(N(c3ccccc3)c3ccc4ccccc4c3)ccc2-c2c1ccc1c3c(ccc21)C(C)(C)c1cc(N(c2ccccc2)c2ccc4ccccc4c2)ccc1-3. The molecular formula is C60H46N2. The fourth-order valence-corrected chi connectivity index (χ4v) is 10.8. The number of rotatable bonds is 6. The maximum absolute atomic E-state index is 2.45. The van der Waals surface area contributed by atoms with Crippen molar-refractivity contribution in [3.05, 3.63) is 229 Å². The van der Waals surface area contributed by atoms with Crippen molar-refractivity contribution in [1.82, 2.24) is 0 Å². The summed E-state index contributed by atoms with van der Waals surface area (Å²) in [5, 5.41) is 7.61. The van der Waals surface area contributed by atoms with Gasteiger partial charge in [0.2, 0.25) is 0 Å². The number of anilines is 6. The second-order valence-corrected chi connectivity index (χ2v) is 18.2. The van der Waals surface area contributed by atoms with Crippen molar-refractivity contribution in [3.8, 4) is 22.3 Å². The number of hydrogen-bond acceptors (Lipinski definition) is 2. The van der Waals surface area contributed by atoms with Crippen LogP contribution in [0.4, 0.5) is 34.1 Å². The first-order valence-corrected chi connectivity index (χ1v) is 21.8. The molecule has 0 heterocycles. The van der Waals surface area contributed by atoms with Gasteiger partial charge in [-0.05, 0) is 150 Å². The summed E-state index contributed by atoms with van der Waals surface area (Å²) in [7, 11) is 0. The first kappa shape index (κ1) is 36.4. The van der Waals surface area contributed by atoms with Gasteiger partial charge >= 0.3 is 0 Å². The Balaban J connectivity index is 0.992. The molecule has 0 aromatic heterocycles. The maximum Gasteiger partial charge on any atom is 0.0468 e. The molecule has 0 amide bonds. The van der Waals surface area contributed by atoms with Gasteiger partial charge in [-0.15, -0.1) is 0 Å². The van der Waals surface area contributed by atoms with Crippen LogP contribution in [0.15, 0.2) is 206 Å². The molecule has 0 aliphatic heterocycles. The molecule has 296 valence electrons. The van der Waals surface area contributed by atoms with E-state index in [1.807, 2.05) is 0 Å². The molecule has 0 saturated carbocycles. The van der Waals surface area contributed by atoms with Gasteiger partial charge in [0.05, 0.1) is 0 Å². The molecule has 0 unspecified atom stereocenters. The molecule has 0 radical (unpaired) electrons. The molecular weight excluding hydrogens is 749 g/mol. The van der Waals surface area contributed by atoms with Gasteiger partial charge in [-0.25, -0.2) is 0 Å². The summed E-state index contributed by atoms with van der Waals surface area (Å²) < 4.78 is 0. The number of hydrogen-bond donors (Lipinski definition) is 0. The van der Waals surface area contributed by atoms with Crippen molar-refractivity contribution in [2.45, 2.75) is 38.5 Å². The summed E-state index contributed by atoms with van der Waals surface area (Å²) in [5.74, 6) is 0. The highest BCUT2D eigenvalue weighted by Gasteiger charge is 2.40. The van der Waals surface area contributed by atoms with Crippen LogP contribution in [0.1, 0.15) is 49.9 Å². The predicted molar refractivity (Wildman–Crippen MR) is 263 cm³/mol. The van der Waals surface area contributed by atoms with Crippen LogP contribution in [0.2, 0.25) is 0 Å². The van der Waals surface area contributed by atoms with Crippen molar-refractivity contribution in [3.63, 3.8) is 0 Å². The molecule has 2 aliphatic rings. The number of benzene rings is 10. The summed E-state index contributed by atoms with van der Waals surface area (Å²) in [5.41, 5.74) is 17.4. The second kappa shape index (κ2) is 13.5. The van der Waals surface area contributed by atoms with E-state index in [-0.39, 0.29) is 10.8 Å². The van der Waals surface area contributed by atoms with Gasteiger partial charge < -0.3 is 9.80 Å². The normalized spacial score (nSPS) is 14.1. The third kappa shape index (κ3) is 5.43. The molecule has 2 heteroatoms. The monoisotopic (exact) mass is 794 g/mol. The lowest BCUT2D eigenvalue weighted by Gasteiger charge is -2.28. The fraction of sp³-hybridized carbons (Fsp3) is 0.100. The topological polar surface area (TPSA) is 6.48 Å². The first-order valence-electron chi connectivity index (χ1n) is 21.8. The molecule has 0 fully saturated rings. The predicted octanol–water partition coefficient (Wildman–Crippen LogP) is 16.7. The van der Waals surface area contributed by atoms with Crippen molar-refractivity contribution in [2.24, 2.45) is 0 Å². The Morgan fingerprint density at radius 1 is 0.274 bits per heavy atom. The Bertz CT molecular complexity index is 3190. The highest BCUT2D eigenvalue weighted by atomic mass is 15.1. The van der Waals surface area contributed by atoms with Crippen molar-refractivity contribution in [1.29, 1.82) is 0 Å². The Morgan fingerprint density at radius 3 is 1.05 bits per heavy atom. The fourth-order valence-electron chi connectivity index (χ4n) is 10.8. The lowest BCUT2D eigenvalue weighted by atomic mass is 9.80. The van der Waals surface area contributed by atoms with Gasteiger partial charge in [0.1, 0.15) is 0 Å². The Morgan fingerprint density at radius 2 is 0.629 bits per heavy atom. The van der Waals surface area contributed by atoms with Crippen molar-refractivity contribution in [2.75, 3.05) is 9.80 Å². The molecule has 62 heavy (non-hydrogen) atoms. The molecule has 0 spiro atoms. The molecule has 2 nitrogen and oxygen atoms in total. The van der Waals surface area contributed by atoms with Crippen molar-refractivity contribution >= 4 is 66.4 Å². The van der Waals surface area contributed by atoms with E-state index < -0.39 is 0 Å². The highest BCUT2D eigenvalue weighted by molar-refractivity contribution is 6.11. The molecule has 10 aromatic rings. The average Bonchev–Trinajstić information content (AvgIpc) is 3.69. The zero-order valence-electron chi connectivity index (χ0n) is 35.5. The summed E-state index contributed by atoms with van der Waals surface area (Å²) in [6, 6.07) is 76.4. The van der Waals surface area contributed by atoms with Gasteiger partial charge in [0.15, 0.2) is 0 Å². The van der Waals surface area contributed by atoms with Crippen LogP contribution >= 0.6 is 0 Å². The van der Waals surface area contributed by atoms with Gasteiger partial charge in [0.25, 0.3) is 0 Å². The summed E-state index contributed by atoms with van der Waals surface area (Å²) in [6.45, 7) is 9.60. The van der Waals surface area contributed by atoms with Crippen LogP contribution in [0.3, 0.4) is 0 Å². The Kier molecular flexibility index (Phi) is 7.96. The standard InChI is InChI=1S/C60H46N2/c1-59(2)53-33-31-50-49(57(53)51-29-27-47(37-55(51)59)61(43-19-7-5-8-20-43)45-25-23-39-15-11-13-17-41(39)35-45)32-34-54-58(50)52-30-28-48(38-56(52)60(54,3)4)62(44-21-9-6-10-22-44)46-26-24-40-16-12-14-18-42(40)36-46/h5-38H,1-4H3. The molecule has 0 bridgehead atoms. The van der Waals surface area contributed by atoms with E-state index in [0.717, 1.165) is 34.1 Å². The third-order valence-electron chi connectivity index (χ3n) is 14.0. The minimum absolute atomic E-state index is 0.185. The largest absolute Gasteiger partial charge is 0.310 e. The number of nitrogens with zero attached hydrogens (tertiary/aromatic N) is 2. The van der Waals surface area contributed by atoms with E-state index in [9.17, 15) is 0 Å². The zero-order chi connectivity index (χ0) is 41.7. The molecule has 12 rings (SSSR count). The van der Waals surface area contributed by atoms with Crippen LogP contribution < -0.4 is 9.80 Å². The molecule has 2 aliphatic carbocycles. The quantitative estimate of drug-likeness (QED) is 0.165. The minimum atomic E-state index is -0.185. The highest BCUT2D eigenvalue weighted by Crippen LogP contribution is 2.57. The average molecular weight is 795 g/mol. The number of fused-ring (bicyclic) bond motifs is 11. The first-order chi connectivity index (χ1) is 30.3. The lowest BCUT2D eigenvalue weighted by Crippen LogP contribution is -2.17. The van der Waals surface area contributed by atoms with Gasteiger partial charge in [-0.2, -0.15) is 0 Å². The minimum Gasteiger partial charge on any atom is -0.310 e. The van der Waals surface area contributed by atoms with E-state index in [2.05, 4.69) is 244 Å². The Hall–Kier alpha value is -7.42. The van der Waals surface area contributed by atoms with Gasteiger partial charge in [0, 0.05) is 45.0 Å². The van der Waals surface area contributed by atoms with Crippen LogP contribution in [-0.4, -0.2) is 0 Å². The van der Waals surface area contributed by atoms with Gasteiger partial charge in [-0.1, -0.05) is 161 Å². The molecule has 0 atom stereocenters. The number of para-hydroxylation sites is 2. The maximum atomic E-state index is 2.45. The zero-order valence-corrected chi connectivity index (χ0v) is 35.5. The Labute approximate surface area is 364 Å².